The van der Waals surface area contributed by atoms with E-state index < -0.39 is 0 Å². The second kappa shape index (κ2) is 5.73. The number of hydrogen-bond donors (Lipinski definition) is 1. The SMILES string of the molecule is Cc1cc(Br)c(F)cc1NC(C)c1cnc2ccsc2c1. The maximum atomic E-state index is 13.7. The molecule has 1 atom stereocenters. The number of fused-ring (bicyclic) bond motifs is 1. The van der Waals surface area contributed by atoms with Gasteiger partial charge in [-0.2, -0.15) is 0 Å². The average molecular weight is 365 g/mol. The number of aromatic nitrogens is 1. The van der Waals surface area contributed by atoms with E-state index in [2.05, 4.69) is 39.2 Å². The first-order chi connectivity index (χ1) is 10.0. The number of pyridine rings is 1. The van der Waals surface area contributed by atoms with Gasteiger partial charge in [0.05, 0.1) is 20.7 Å². The molecular formula is C16H14BrFN2S. The molecule has 1 N–H and O–H groups in total. The van der Waals surface area contributed by atoms with Gasteiger partial charge in [0.1, 0.15) is 5.82 Å². The van der Waals surface area contributed by atoms with Crippen molar-refractivity contribution in [2.24, 2.45) is 0 Å². The van der Waals surface area contributed by atoms with Gasteiger partial charge in [-0.15, -0.1) is 11.3 Å². The van der Waals surface area contributed by atoms with Gasteiger partial charge >= 0.3 is 0 Å². The molecule has 0 spiro atoms. The van der Waals surface area contributed by atoms with Crippen molar-refractivity contribution >= 4 is 43.2 Å². The summed E-state index contributed by atoms with van der Waals surface area (Å²) in [7, 11) is 0. The minimum Gasteiger partial charge on any atom is -0.378 e. The Labute approximate surface area is 135 Å². The zero-order chi connectivity index (χ0) is 15.0. The van der Waals surface area contributed by atoms with Crippen molar-refractivity contribution in [2.45, 2.75) is 19.9 Å². The molecule has 0 fully saturated rings. The first-order valence-corrected chi connectivity index (χ1v) is 8.27. The van der Waals surface area contributed by atoms with Gasteiger partial charge in [0.15, 0.2) is 0 Å². The molecule has 0 aliphatic carbocycles. The lowest BCUT2D eigenvalue weighted by Crippen LogP contribution is -2.08. The predicted molar refractivity (Wildman–Crippen MR) is 90.5 cm³/mol. The van der Waals surface area contributed by atoms with E-state index in [0.29, 0.717) is 4.47 Å². The summed E-state index contributed by atoms with van der Waals surface area (Å²) in [6.07, 6.45) is 1.87. The van der Waals surface area contributed by atoms with E-state index in [-0.39, 0.29) is 11.9 Å². The monoisotopic (exact) mass is 364 g/mol. The molecule has 108 valence electrons. The number of nitrogens with one attached hydrogen (secondary N) is 1. The molecule has 0 aliphatic heterocycles. The molecule has 3 rings (SSSR count). The Kier molecular flexibility index (Phi) is 3.95. The summed E-state index contributed by atoms with van der Waals surface area (Å²) in [6.45, 7) is 4.01. The fourth-order valence-corrected chi connectivity index (χ4v) is 3.46. The number of benzene rings is 1. The molecule has 3 aromatic rings. The topological polar surface area (TPSA) is 24.9 Å². The molecule has 5 heteroatoms. The Balaban J connectivity index is 1.88. The van der Waals surface area contributed by atoms with Crippen LogP contribution in [-0.4, -0.2) is 4.98 Å². The van der Waals surface area contributed by atoms with Crippen molar-refractivity contribution in [1.82, 2.24) is 4.98 Å². The highest BCUT2D eigenvalue weighted by Crippen LogP contribution is 2.28. The van der Waals surface area contributed by atoms with Gasteiger partial charge < -0.3 is 5.32 Å². The first-order valence-electron chi connectivity index (χ1n) is 6.60. The quantitative estimate of drug-likeness (QED) is 0.646. The van der Waals surface area contributed by atoms with Crippen molar-refractivity contribution in [2.75, 3.05) is 5.32 Å². The Bertz CT molecular complexity index is 800. The van der Waals surface area contributed by atoms with Crippen LogP contribution in [0.25, 0.3) is 10.2 Å². The highest BCUT2D eigenvalue weighted by molar-refractivity contribution is 9.10. The third-order valence-corrected chi connectivity index (χ3v) is 4.92. The van der Waals surface area contributed by atoms with E-state index in [0.717, 1.165) is 22.3 Å². The summed E-state index contributed by atoms with van der Waals surface area (Å²) in [5.74, 6) is -0.262. The van der Waals surface area contributed by atoms with Crippen molar-refractivity contribution in [3.05, 3.63) is 57.3 Å². The van der Waals surface area contributed by atoms with Crippen LogP contribution < -0.4 is 5.32 Å². The van der Waals surface area contributed by atoms with Crippen LogP contribution >= 0.6 is 27.3 Å². The molecule has 0 aliphatic rings. The third-order valence-electron chi connectivity index (χ3n) is 3.46. The molecule has 0 saturated carbocycles. The van der Waals surface area contributed by atoms with Crippen LogP contribution in [0.1, 0.15) is 24.1 Å². The second-order valence-corrected chi connectivity index (χ2v) is 6.82. The lowest BCUT2D eigenvalue weighted by atomic mass is 10.1. The lowest BCUT2D eigenvalue weighted by Gasteiger charge is -2.17. The third kappa shape index (κ3) is 2.94. The minimum atomic E-state index is -0.262. The molecule has 0 saturated heterocycles. The molecule has 0 bridgehead atoms. The van der Waals surface area contributed by atoms with Gasteiger partial charge in [-0.05, 0) is 70.5 Å². The summed E-state index contributed by atoms with van der Waals surface area (Å²) in [6, 6.07) is 7.51. The summed E-state index contributed by atoms with van der Waals surface area (Å²) in [5, 5.41) is 5.39. The van der Waals surface area contributed by atoms with Crippen LogP contribution in [0.5, 0.6) is 0 Å². The van der Waals surface area contributed by atoms with E-state index in [1.165, 1.54) is 10.8 Å². The molecular weight excluding hydrogens is 351 g/mol. The lowest BCUT2D eigenvalue weighted by molar-refractivity contribution is 0.620. The highest BCUT2D eigenvalue weighted by Gasteiger charge is 2.11. The standard InChI is InChI=1S/C16H14BrFN2S/c1-9-5-12(17)13(18)7-15(9)20-10(2)11-6-16-14(19-8-11)3-4-21-16/h3-8,10,20H,1-2H3. The maximum Gasteiger partial charge on any atom is 0.139 e. The molecule has 2 heterocycles. The molecule has 2 nitrogen and oxygen atoms in total. The minimum absolute atomic E-state index is 0.0586. The van der Waals surface area contributed by atoms with Crippen molar-refractivity contribution < 1.29 is 4.39 Å². The Morgan fingerprint density at radius 2 is 2.14 bits per heavy atom. The number of halogens is 2. The number of anilines is 1. The molecule has 0 radical (unpaired) electrons. The predicted octanol–water partition coefficient (Wildman–Crippen LogP) is 5.68. The Morgan fingerprint density at radius 1 is 1.33 bits per heavy atom. The second-order valence-electron chi connectivity index (χ2n) is 5.02. The number of rotatable bonds is 3. The largest absolute Gasteiger partial charge is 0.378 e. The van der Waals surface area contributed by atoms with E-state index in [4.69, 9.17) is 0 Å². The van der Waals surface area contributed by atoms with Crippen LogP contribution in [0.15, 0.2) is 40.3 Å². The van der Waals surface area contributed by atoms with E-state index in [9.17, 15) is 4.39 Å². The van der Waals surface area contributed by atoms with Gasteiger partial charge in [-0.3, -0.25) is 4.98 Å². The fourth-order valence-electron chi connectivity index (χ4n) is 2.22. The molecule has 0 amide bonds. The van der Waals surface area contributed by atoms with E-state index in [1.807, 2.05) is 24.6 Å². The van der Waals surface area contributed by atoms with E-state index in [1.54, 1.807) is 17.4 Å². The number of aryl methyl sites for hydroxylation is 1. The van der Waals surface area contributed by atoms with Gasteiger partial charge in [-0.1, -0.05) is 0 Å². The molecule has 21 heavy (non-hydrogen) atoms. The van der Waals surface area contributed by atoms with Crippen molar-refractivity contribution in [3.63, 3.8) is 0 Å². The van der Waals surface area contributed by atoms with Crippen LogP contribution in [0.2, 0.25) is 0 Å². The van der Waals surface area contributed by atoms with E-state index >= 15 is 0 Å². The number of hydrogen-bond acceptors (Lipinski definition) is 3. The zero-order valence-corrected chi connectivity index (χ0v) is 14.1. The van der Waals surface area contributed by atoms with Crippen LogP contribution in [0.4, 0.5) is 10.1 Å². The van der Waals surface area contributed by atoms with Gasteiger partial charge in [0.2, 0.25) is 0 Å². The Hall–Kier alpha value is -1.46. The van der Waals surface area contributed by atoms with Gasteiger partial charge in [0, 0.05) is 11.9 Å². The number of thiophene rings is 1. The average Bonchev–Trinajstić information content (AvgIpc) is 2.92. The van der Waals surface area contributed by atoms with Crippen LogP contribution in [0.3, 0.4) is 0 Å². The molecule has 1 unspecified atom stereocenters. The van der Waals surface area contributed by atoms with Gasteiger partial charge in [-0.25, -0.2) is 4.39 Å². The van der Waals surface area contributed by atoms with Crippen molar-refractivity contribution in [3.8, 4) is 0 Å². The summed E-state index contributed by atoms with van der Waals surface area (Å²) in [5.41, 5.74) is 3.91. The fraction of sp³-hybridized carbons (Fsp3) is 0.188. The summed E-state index contributed by atoms with van der Waals surface area (Å²) < 4.78 is 15.3. The normalized spacial score (nSPS) is 12.6. The smallest absolute Gasteiger partial charge is 0.139 e. The number of nitrogens with zero attached hydrogens (tertiary/aromatic N) is 1. The molecule has 2 aromatic heterocycles. The highest BCUT2D eigenvalue weighted by atomic mass is 79.9. The van der Waals surface area contributed by atoms with Crippen LogP contribution in [0, 0.1) is 12.7 Å². The van der Waals surface area contributed by atoms with Gasteiger partial charge in [0.25, 0.3) is 0 Å². The molecule has 1 aromatic carbocycles. The maximum absolute atomic E-state index is 13.7. The summed E-state index contributed by atoms with van der Waals surface area (Å²) >= 11 is 4.88. The Morgan fingerprint density at radius 3 is 2.95 bits per heavy atom. The zero-order valence-electron chi connectivity index (χ0n) is 11.7. The first kappa shape index (κ1) is 14.5. The summed E-state index contributed by atoms with van der Waals surface area (Å²) in [4.78, 5) is 4.45. The van der Waals surface area contributed by atoms with Crippen LogP contribution in [-0.2, 0) is 0 Å². The van der Waals surface area contributed by atoms with Crippen molar-refractivity contribution in [1.29, 1.82) is 0 Å².